The maximum absolute atomic E-state index is 5.86. The molecule has 2 heterocycles. The molecule has 0 saturated carbocycles. The second kappa shape index (κ2) is 6.05. The van der Waals surface area contributed by atoms with E-state index in [-0.39, 0.29) is 0 Å². The fourth-order valence-electron chi connectivity index (χ4n) is 2.67. The fraction of sp³-hybridized carbons (Fsp3) is 0.100. The van der Waals surface area contributed by atoms with Crippen LogP contribution in [0.3, 0.4) is 0 Å². The van der Waals surface area contributed by atoms with Gasteiger partial charge in [0.1, 0.15) is 5.75 Å². The summed E-state index contributed by atoms with van der Waals surface area (Å²) in [4.78, 5) is 8.81. The molecule has 0 fully saturated rings. The SMILES string of the molecule is c1ccc2nc(CCOc3ccc4ccncc4c3)ccc2c1. The Bertz CT molecular complexity index is 886. The fourth-order valence-corrected chi connectivity index (χ4v) is 2.67. The lowest BCUT2D eigenvalue weighted by atomic mass is 10.2. The maximum Gasteiger partial charge on any atom is 0.120 e. The summed E-state index contributed by atoms with van der Waals surface area (Å²) in [6.45, 7) is 0.608. The number of para-hydroxylation sites is 1. The number of hydrogen-bond donors (Lipinski definition) is 0. The van der Waals surface area contributed by atoms with Crippen LogP contribution < -0.4 is 4.74 Å². The highest BCUT2D eigenvalue weighted by molar-refractivity contribution is 5.82. The summed E-state index contributed by atoms with van der Waals surface area (Å²) in [5.74, 6) is 0.867. The lowest BCUT2D eigenvalue weighted by molar-refractivity contribution is 0.321. The monoisotopic (exact) mass is 300 g/mol. The Kier molecular flexibility index (Phi) is 3.60. The number of pyridine rings is 2. The summed E-state index contributed by atoms with van der Waals surface area (Å²) in [5, 5.41) is 3.43. The van der Waals surface area contributed by atoms with E-state index in [0.29, 0.717) is 6.61 Å². The maximum atomic E-state index is 5.86. The van der Waals surface area contributed by atoms with Crippen molar-refractivity contribution in [2.24, 2.45) is 0 Å². The molecular weight excluding hydrogens is 284 g/mol. The Labute approximate surface area is 134 Å². The van der Waals surface area contributed by atoms with Gasteiger partial charge >= 0.3 is 0 Å². The molecule has 112 valence electrons. The predicted octanol–water partition coefficient (Wildman–Crippen LogP) is 4.40. The molecule has 0 saturated heterocycles. The molecular formula is C20H16N2O. The molecule has 0 bridgehead atoms. The summed E-state index contributed by atoms with van der Waals surface area (Å²) in [7, 11) is 0. The van der Waals surface area contributed by atoms with E-state index < -0.39 is 0 Å². The van der Waals surface area contributed by atoms with Gasteiger partial charge in [-0.3, -0.25) is 9.97 Å². The summed E-state index contributed by atoms with van der Waals surface area (Å²) in [6, 6.07) is 20.4. The number of fused-ring (bicyclic) bond motifs is 2. The largest absolute Gasteiger partial charge is 0.493 e. The molecule has 0 aliphatic carbocycles. The van der Waals surface area contributed by atoms with Crippen molar-refractivity contribution >= 4 is 21.7 Å². The minimum Gasteiger partial charge on any atom is -0.493 e. The molecule has 0 N–H and O–H groups in total. The first-order valence-electron chi connectivity index (χ1n) is 7.70. The first kappa shape index (κ1) is 13.7. The van der Waals surface area contributed by atoms with Crippen LogP contribution in [0, 0.1) is 0 Å². The Morgan fingerprint density at radius 3 is 2.74 bits per heavy atom. The van der Waals surface area contributed by atoms with Gasteiger partial charge in [0.25, 0.3) is 0 Å². The van der Waals surface area contributed by atoms with Crippen LogP contribution in [0.25, 0.3) is 21.7 Å². The topological polar surface area (TPSA) is 35.0 Å². The van der Waals surface area contributed by atoms with Gasteiger partial charge in [0.05, 0.1) is 12.1 Å². The van der Waals surface area contributed by atoms with Gasteiger partial charge in [-0.2, -0.15) is 0 Å². The molecule has 2 aromatic heterocycles. The predicted molar refractivity (Wildman–Crippen MR) is 92.7 cm³/mol. The summed E-state index contributed by atoms with van der Waals surface area (Å²) < 4.78 is 5.86. The van der Waals surface area contributed by atoms with Crippen molar-refractivity contribution < 1.29 is 4.74 Å². The molecule has 0 amide bonds. The Hall–Kier alpha value is -2.94. The Balaban J connectivity index is 1.45. The standard InChI is InChI=1S/C20H16N2O/c1-2-4-20-16(3-1)5-7-18(22-20)10-12-23-19-8-6-15-9-11-21-14-17(15)13-19/h1-9,11,13-14H,10,12H2. The van der Waals surface area contributed by atoms with Gasteiger partial charge in [-0.1, -0.05) is 30.3 Å². The van der Waals surface area contributed by atoms with Gasteiger partial charge in [0.15, 0.2) is 0 Å². The van der Waals surface area contributed by atoms with Crippen molar-refractivity contribution in [3.63, 3.8) is 0 Å². The summed E-state index contributed by atoms with van der Waals surface area (Å²) in [6.07, 6.45) is 4.44. The molecule has 0 atom stereocenters. The van der Waals surface area contributed by atoms with E-state index in [1.165, 1.54) is 10.8 Å². The Morgan fingerprint density at radius 1 is 0.826 bits per heavy atom. The van der Waals surface area contributed by atoms with Gasteiger partial charge in [0.2, 0.25) is 0 Å². The van der Waals surface area contributed by atoms with Gasteiger partial charge in [0, 0.05) is 35.3 Å². The third kappa shape index (κ3) is 2.99. The molecule has 0 radical (unpaired) electrons. The van der Waals surface area contributed by atoms with Crippen LogP contribution in [0.4, 0.5) is 0 Å². The van der Waals surface area contributed by atoms with Crippen LogP contribution in [0.15, 0.2) is 73.1 Å². The van der Waals surface area contributed by atoms with E-state index in [4.69, 9.17) is 4.74 Å². The number of hydrogen-bond acceptors (Lipinski definition) is 3. The molecule has 23 heavy (non-hydrogen) atoms. The zero-order valence-corrected chi connectivity index (χ0v) is 12.6. The normalized spacial score (nSPS) is 11.0. The van der Waals surface area contributed by atoms with E-state index in [0.717, 1.165) is 28.8 Å². The molecule has 4 aromatic rings. The van der Waals surface area contributed by atoms with Crippen LogP contribution >= 0.6 is 0 Å². The van der Waals surface area contributed by atoms with Gasteiger partial charge < -0.3 is 4.74 Å². The third-order valence-corrected chi connectivity index (χ3v) is 3.90. The van der Waals surface area contributed by atoms with Crippen molar-refractivity contribution in [1.29, 1.82) is 0 Å². The number of nitrogens with zero attached hydrogens (tertiary/aromatic N) is 2. The highest BCUT2D eigenvalue weighted by Gasteiger charge is 2.01. The number of ether oxygens (including phenoxy) is 1. The second-order valence-corrected chi connectivity index (χ2v) is 5.48. The first-order chi connectivity index (χ1) is 11.4. The van der Waals surface area contributed by atoms with E-state index in [1.807, 2.05) is 42.6 Å². The average Bonchev–Trinajstić information content (AvgIpc) is 2.61. The summed E-state index contributed by atoms with van der Waals surface area (Å²) in [5.41, 5.74) is 2.08. The van der Waals surface area contributed by atoms with Crippen molar-refractivity contribution in [3.8, 4) is 5.75 Å². The van der Waals surface area contributed by atoms with Crippen molar-refractivity contribution in [2.75, 3.05) is 6.61 Å². The quantitative estimate of drug-likeness (QED) is 0.560. The minimum atomic E-state index is 0.608. The van der Waals surface area contributed by atoms with E-state index >= 15 is 0 Å². The van der Waals surface area contributed by atoms with Crippen molar-refractivity contribution in [1.82, 2.24) is 9.97 Å². The second-order valence-electron chi connectivity index (χ2n) is 5.48. The van der Waals surface area contributed by atoms with Crippen molar-refractivity contribution in [3.05, 3.63) is 78.8 Å². The molecule has 3 nitrogen and oxygen atoms in total. The lowest BCUT2D eigenvalue weighted by Crippen LogP contribution is -2.03. The molecule has 4 rings (SSSR count). The Morgan fingerprint density at radius 2 is 1.74 bits per heavy atom. The third-order valence-electron chi connectivity index (χ3n) is 3.90. The van der Waals surface area contributed by atoms with E-state index in [9.17, 15) is 0 Å². The smallest absolute Gasteiger partial charge is 0.120 e. The summed E-state index contributed by atoms with van der Waals surface area (Å²) >= 11 is 0. The van der Waals surface area contributed by atoms with E-state index in [1.54, 1.807) is 6.20 Å². The molecule has 3 heteroatoms. The van der Waals surface area contributed by atoms with Crippen molar-refractivity contribution in [2.45, 2.75) is 6.42 Å². The average molecular weight is 300 g/mol. The van der Waals surface area contributed by atoms with Crippen LogP contribution in [0.2, 0.25) is 0 Å². The van der Waals surface area contributed by atoms with Crippen LogP contribution in [-0.2, 0) is 6.42 Å². The van der Waals surface area contributed by atoms with Crippen LogP contribution in [0.1, 0.15) is 5.69 Å². The highest BCUT2D eigenvalue weighted by Crippen LogP contribution is 2.20. The number of benzene rings is 2. The molecule has 0 unspecified atom stereocenters. The van der Waals surface area contributed by atoms with Crippen LogP contribution in [-0.4, -0.2) is 16.6 Å². The van der Waals surface area contributed by atoms with Gasteiger partial charge in [-0.25, -0.2) is 0 Å². The highest BCUT2D eigenvalue weighted by atomic mass is 16.5. The first-order valence-corrected chi connectivity index (χ1v) is 7.70. The lowest BCUT2D eigenvalue weighted by Gasteiger charge is -2.07. The molecule has 0 aliphatic heterocycles. The number of rotatable bonds is 4. The van der Waals surface area contributed by atoms with Gasteiger partial charge in [-0.05, 0) is 35.7 Å². The van der Waals surface area contributed by atoms with Gasteiger partial charge in [-0.15, -0.1) is 0 Å². The van der Waals surface area contributed by atoms with Crippen LogP contribution in [0.5, 0.6) is 5.75 Å². The minimum absolute atomic E-state index is 0.608. The molecule has 0 spiro atoms. The molecule has 2 aromatic carbocycles. The molecule has 0 aliphatic rings. The zero-order valence-electron chi connectivity index (χ0n) is 12.6. The van der Waals surface area contributed by atoms with E-state index in [2.05, 4.69) is 34.2 Å². The number of aromatic nitrogens is 2. The zero-order chi connectivity index (χ0) is 15.5.